The SMILES string of the molecule is Cn1cc(-c2cc(NC(=O)/C=C/CN)ccc2Oc2ccc(F)cc2F)c2ccccc2c1=O. The minimum absolute atomic E-state index is 0.167. The Hall–Kier alpha value is -4.30. The Morgan fingerprint density at radius 1 is 1.03 bits per heavy atom. The first kappa shape index (κ1) is 22.9. The molecule has 0 radical (unpaired) electrons. The lowest BCUT2D eigenvalue weighted by molar-refractivity contribution is -0.111. The molecule has 3 aromatic carbocycles. The van der Waals surface area contributed by atoms with Crippen molar-refractivity contribution >= 4 is 22.4 Å². The Morgan fingerprint density at radius 2 is 1.76 bits per heavy atom. The van der Waals surface area contributed by atoms with Crippen LogP contribution in [0.15, 0.2) is 83.8 Å². The van der Waals surface area contributed by atoms with Gasteiger partial charge in [-0.2, -0.15) is 0 Å². The van der Waals surface area contributed by atoms with Crippen LogP contribution in [0, 0.1) is 11.6 Å². The van der Waals surface area contributed by atoms with Crippen LogP contribution in [-0.4, -0.2) is 17.0 Å². The van der Waals surface area contributed by atoms with Crippen LogP contribution in [0.2, 0.25) is 0 Å². The first-order valence-electron chi connectivity index (χ1n) is 10.4. The number of halogens is 2. The number of amides is 1. The van der Waals surface area contributed by atoms with Crippen molar-refractivity contribution in [3.63, 3.8) is 0 Å². The third-order valence-electron chi connectivity index (χ3n) is 5.15. The van der Waals surface area contributed by atoms with Gasteiger partial charge in [-0.1, -0.05) is 24.3 Å². The lowest BCUT2D eigenvalue weighted by Gasteiger charge is -2.16. The van der Waals surface area contributed by atoms with Crippen molar-refractivity contribution in [2.45, 2.75) is 0 Å². The molecular formula is C26H21F2N3O3. The van der Waals surface area contributed by atoms with E-state index in [0.717, 1.165) is 12.1 Å². The van der Waals surface area contributed by atoms with E-state index in [4.69, 9.17) is 10.5 Å². The Bertz CT molecular complexity index is 1480. The molecule has 0 aliphatic rings. The van der Waals surface area contributed by atoms with Crippen molar-refractivity contribution < 1.29 is 18.3 Å². The summed E-state index contributed by atoms with van der Waals surface area (Å²) in [6, 6.07) is 14.9. The predicted molar refractivity (Wildman–Crippen MR) is 128 cm³/mol. The number of benzene rings is 3. The molecule has 4 aromatic rings. The van der Waals surface area contributed by atoms with Crippen molar-refractivity contribution in [1.29, 1.82) is 0 Å². The zero-order valence-electron chi connectivity index (χ0n) is 18.2. The normalized spacial score (nSPS) is 11.2. The van der Waals surface area contributed by atoms with Crippen molar-refractivity contribution in [1.82, 2.24) is 4.57 Å². The second-order valence-corrected chi connectivity index (χ2v) is 7.52. The van der Waals surface area contributed by atoms with E-state index in [2.05, 4.69) is 5.32 Å². The van der Waals surface area contributed by atoms with Crippen LogP contribution in [0.3, 0.4) is 0 Å². The van der Waals surface area contributed by atoms with E-state index in [1.807, 2.05) is 0 Å². The molecule has 0 aliphatic carbocycles. The van der Waals surface area contributed by atoms with Gasteiger partial charge in [0.15, 0.2) is 11.6 Å². The maximum Gasteiger partial charge on any atom is 0.258 e. The van der Waals surface area contributed by atoms with E-state index in [1.54, 1.807) is 55.7 Å². The Morgan fingerprint density at radius 3 is 2.50 bits per heavy atom. The minimum Gasteiger partial charge on any atom is -0.454 e. The second kappa shape index (κ2) is 9.68. The van der Waals surface area contributed by atoms with Crippen LogP contribution in [0.25, 0.3) is 21.9 Å². The van der Waals surface area contributed by atoms with Crippen LogP contribution in [-0.2, 0) is 11.8 Å². The molecule has 6 nitrogen and oxygen atoms in total. The van der Waals surface area contributed by atoms with Crippen molar-refractivity contribution in [3.05, 3.63) is 101 Å². The van der Waals surface area contributed by atoms with Crippen molar-refractivity contribution in [2.24, 2.45) is 12.8 Å². The Balaban J connectivity index is 1.89. The van der Waals surface area contributed by atoms with E-state index in [9.17, 15) is 18.4 Å². The third-order valence-corrected chi connectivity index (χ3v) is 5.15. The standard InChI is InChI=1S/C26H21F2N3O3/c1-31-15-21(18-5-2-3-6-19(18)26(31)33)20-14-17(30-25(32)7-4-12-29)9-11-23(20)34-24-10-8-16(27)13-22(24)28/h2-11,13-15H,12,29H2,1H3,(H,30,32)/b7-4+. The number of nitrogens with two attached hydrogens (primary N) is 1. The van der Waals surface area contributed by atoms with Gasteiger partial charge in [0.05, 0.1) is 0 Å². The minimum atomic E-state index is -0.861. The average Bonchev–Trinajstić information content (AvgIpc) is 2.82. The summed E-state index contributed by atoms with van der Waals surface area (Å²) >= 11 is 0. The fraction of sp³-hybridized carbons (Fsp3) is 0.0769. The summed E-state index contributed by atoms with van der Waals surface area (Å²) in [5.41, 5.74) is 6.80. The molecule has 172 valence electrons. The molecular weight excluding hydrogens is 440 g/mol. The number of rotatable bonds is 6. The Kier molecular flexibility index (Phi) is 6.51. The number of aryl methyl sites for hydroxylation is 1. The highest BCUT2D eigenvalue weighted by Gasteiger charge is 2.16. The van der Waals surface area contributed by atoms with Crippen LogP contribution >= 0.6 is 0 Å². The number of anilines is 1. The van der Waals surface area contributed by atoms with Crippen LogP contribution < -0.4 is 21.3 Å². The van der Waals surface area contributed by atoms with Crippen molar-refractivity contribution in [3.8, 4) is 22.6 Å². The highest BCUT2D eigenvalue weighted by atomic mass is 19.1. The molecule has 3 N–H and O–H groups in total. The molecule has 0 spiro atoms. The molecule has 1 aromatic heterocycles. The van der Waals surface area contributed by atoms with Gasteiger partial charge in [-0.05, 0) is 41.8 Å². The lowest BCUT2D eigenvalue weighted by Crippen LogP contribution is -2.16. The number of nitrogens with zero attached hydrogens (tertiary/aromatic N) is 1. The van der Waals surface area contributed by atoms with Crippen LogP contribution in [0.4, 0.5) is 14.5 Å². The van der Waals surface area contributed by atoms with E-state index in [0.29, 0.717) is 27.6 Å². The summed E-state index contributed by atoms with van der Waals surface area (Å²) in [7, 11) is 1.63. The van der Waals surface area contributed by atoms with E-state index >= 15 is 0 Å². The van der Waals surface area contributed by atoms with Gasteiger partial charge in [-0.25, -0.2) is 8.78 Å². The maximum absolute atomic E-state index is 14.3. The van der Waals surface area contributed by atoms with Crippen LogP contribution in [0.1, 0.15) is 0 Å². The predicted octanol–water partition coefficient (Wildman–Crippen LogP) is 4.73. The first-order chi connectivity index (χ1) is 16.4. The number of hydrogen-bond donors (Lipinski definition) is 2. The highest BCUT2D eigenvalue weighted by Crippen LogP contribution is 2.39. The van der Waals surface area contributed by atoms with Gasteiger partial charge in [-0.15, -0.1) is 0 Å². The fourth-order valence-corrected chi connectivity index (χ4v) is 3.57. The third kappa shape index (κ3) is 4.72. The number of pyridine rings is 1. The molecule has 0 unspecified atom stereocenters. The van der Waals surface area contributed by atoms with E-state index in [-0.39, 0.29) is 29.5 Å². The number of carbonyl (C=O) groups is 1. The molecule has 0 fully saturated rings. The topological polar surface area (TPSA) is 86.3 Å². The molecule has 1 amide bonds. The summed E-state index contributed by atoms with van der Waals surface area (Å²) in [5, 5.41) is 3.88. The number of nitrogens with one attached hydrogen (secondary N) is 1. The zero-order chi connectivity index (χ0) is 24.2. The summed E-state index contributed by atoms with van der Waals surface area (Å²) in [4.78, 5) is 24.8. The monoisotopic (exact) mass is 461 g/mol. The summed E-state index contributed by atoms with van der Waals surface area (Å²) in [6.45, 7) is 0.221. The van der Waals surface area contributed by atoms with Gasteiger partial charge < -0.3 is 20.4 Å². The van der Waals surface area contributed by atoms with Gasteiger partial charge >= 0.3 is 0 Å². The van der Waals surface area contributed by atoms with Gasteiger partial charge in [0.2, 0.25) is 5.91 Å². The average molecular weight is 461 g/mol. The lowest BCUT2D eigenvalue weighted by atomic mass is 9.99. The van der Waals surface area contributed by atoms with Gasteiger partial charge in [0.25, 0.3) is 5.56 Å². The molecule has 0 bridgehead atoms. The second-order valence-electron chi connectivity index (χ2n) is 7.52. The summed E-state index contributed by atoms with van der Waals surface area (Å²) in [5.74, 6) is -1.87. The molecule has 4 rings (SSSR count). The quantitative estimate of drug-likeness (QED) is 0.407. The first-order valence-corrected chi connectivity index (χ1v) is 10.4. The number of hydrogen-bond acceptors (Lipinski definition) is 4. The summed E-state index contributed by atoms with van der Waals surface area (Å²) in [6.07, 6.45) is 4.49. The number of aromatic nitrogens is 1. The number of carbonyl (C=O) groups excluding carboxylic acids is 1. The maximum atomic E-state index is 14.3. The molecule has 0 saturated heterocycles. The van der Waals surface area contributed by atoms with E-state index < -0.39 is 11.6 Å². The van der Waals surface area contributed by atoms with E-state index in [1.165, 1.54) is 22.8 Å². The number of fused-ring (bicyclic) bond motifs is 1. The molecule has 0 atom stereocenters. The fourth-order valence-electron chi connectivity index (χ4n) is 3.57. The molecule has 0 saturated carbocycles. The molecule has 34 heavy (non-hydrogen) atoms. The molecule has 8 heteroatoms. The Labute approximate surface area is 193 Å². The highest BCUT2D eigenvalue weighted by molar-refractivity contribution is 6.01. The molecule has 0 aliphatic heterocycles. The van der Waals surface area contributed by atoms with Gasteiger partial charge in [0.1, 0.15) is 11.6 Å². The largest absolute Gasteiger partial charge is 0.454 e. The number of ether oxygens (including phenoxy) is 1. The van der Waals surface area contributed by atoms with Gasteiger partial charge in [0, 0.05) is 54.1 Å². The smallest absolute Gasteiger partial charge is 0.258 e. The molecule has 1 heterocycles. The summed E-state index contributed by atoms with van der Waals surface area (Å²) < 4.78 is 35.0. The van der Waals surface area contributed by atoms with Crippen molar-refractivity contribution in [2.75, 3.05) is 11.9 Å². The van der Waals surface area contributed by atoms with Gasteiger partial charge in [-0.3, -0.25) is 9.59 Å². The zero-order valence-corrected chi connectivity index (χ0v) is 18.2. The van der Waals surface area contributed by atoms with Crippen LogP contribution in [0.5, 0.6) is 11.5 Å².